The molecule has 0 radical (unpaired) electrons. The van der Waals surface area contributed by atoms with Gasteiger partial charge in [0.1, 0.15) is 0 Å². The topological polar surface area (TPSA) is 62.2 Å². The monoisotopic (exact) mass is 269 g/mol. The normalized spacial score (nSPS) is 12.2. The molecular formula is C15H12ClN3. The molecule has 0 spiro atoms. The fourth-order valence-electron chi connectivity index (χ4n) is 1.89. The summed E-state index contributed by atoms with van der Waals surface area (Å²) in [6, 6.07) is 17.1. The predicted octanol–water partition coefficient (Wildman–Crippen LogP) is 3.61. The lowest BCUT2D eigenvalue weighted by atomic mass is 9.92. The van der Waals surface area contributed by atoms with Crippen LogP contribution in [0, 0.1) is 11.3 Å². The predicted molar refractivity (Wildman–Crippen MR) is 77.7 cm³/mol. The molecule has 0 amide bonds. The van der Waals surface area contributed by atoms with Crippen LogP contribution >= 0.6 is 11.6 Å². The van der Waals surface area contributed by atoms with Crippen molar-refractivity contribution in [3.8, 4) is 6.07 Å². The molecule has 0 aliphatic rings. The van der Waals surface area contributed by atoms with Crippen molar-refractivity contribution in [3.63, 3.8) is 0 Å². The van der Waals surface area contributed by atoms with E-state index in [2.05, 4.69) is 11.1 Å². The molecule has 1 unspecified atom stereocenters. The van der Waals surface area contributed by atoms with E-state index >= 15 is 0 Å². The van der Waals surface area contributed by atoms with Crippen LogP contribution in [0.5, 0.6) is 0 Å². The van der Waals surface area contributed by atoms with Gasteiger partial charge in [0.15, 0.2) is 0 Å². The van der Waals surface area contributed by atoms with E-state index < -0.39 is 0 Å². The van der Waals surface area contributed by atoms with Gasteiger partial charge in [0, 0.05) is 5.02 Å². The molecule has 0 heterocycles. The Hall–Kier alpha value is -2.31. The van der Waals surface area contributed by atoms with E-state index in [9.17, 15) is 5.26 Å². The first-order chi connectivity index (χ1) is 9.26. The summed E-state index contributed by atoms with van der Waals surface area (Å²) in [4.78, 5) is 3.95. The van der Waals surface area contributed by atoms with E-state index in [1.54, 1.807) is 12.1 Å². The van der Waals surface area contributed by atoms with E-state index in [1.807, 2.05) is 36.4 Å². The zero-order valence-corrected chi connectivity index (χ0v) is 10.9. The molecule has 94 valence electrons. The lowest BCUT2D eigenvalue weighted by Gasteiger charge is -2.12. The van der Waals surface area contributed by atoms with Gasteiger partial charge in [-0.15, -0.1) is 0 Å². The van der Waals surface area contributed by atoms with Gasteiger partial charge < -0.3 is 5.73 Å². The SMILES string of the molecule is N#CC(c1ccccc1)c1ccc(N=CN)cc1Cl. The van der Waals surface area contributed by atoms with Gasteiger partial charge in [0.2, 0.25) is 0 Å². The minimum Gasteiger partial charge on any atom is -0.390 e. The highest BCUT2D eigenvalue weighted by Crippen LogP contribution is 2.32. The van der Waals surface area contributed by atoms with Crippen molar-refractivity contribution in [2.45, 2.75) is 5.92 Å². The number of nitrogens with zero attached hydrogens (tertiary/aromatic N) is 2. The molecule has 4 heteroatoms. The number of nitrogens with two attached hydrogens (primary N) is 1. The summed E-state index contributed by atoms with van der Waals surface area (Å²) in [6.45, 7) is 0. The molecule has 1 atom stereocenters. The van der Waals surface area contributed by atoms with Gasteiger partial charge in [-0.25, -0.2) is 4.99 Å². The Morgan fingerprint density at radius 2 is 1.95 bits per heavy atom. The van der Waals surface area contributed by atoms with Gasteiger partial charge in [0.05, 0.1) is 24.0 Å². The van der Waals surface area contributed by atoms with Crippen LogP contribution in [-0.2, 0) is 0 Å². The molecular weight excluding hydrogens is 258 g/mol. The van der Waals surface area contributed by atoms with E-state index in [0.29, 0.717) is 10.7 Å². The molecule has 2 N–H and O–H groups in total. The highest BCUT2D eigenvalue weighted by molar-refractivity contribution is 6.31. The largest absolute Gasteiger partial charge is 0.390 e. The number of nitriles is 1. The molecule has 2 aromatic carbocycles. The molecule has 19 heavy (non-hydrogen) atoms. The lowest BCUT2D eigenvalue weighted by molar-refractivity contribution is 1.04. The van der Waals surface area contributed by atoms with Crippen molar-refractivity contribution >= 4 is 23.6 Å². The Kier molecular flexibility index (Phi) is 4.17. The van der Waals surface area contributed by atoms with Gasteiger partial charge in [-0.05, 0) is 23.3 Å². The van der Waals surface area contributed by atoms with Crippen LogP contribution in [0.1, 0.15) is 17.0 Å². The first-order valence-corrected chi connectivity index (χ1v) is 6.12. The first-order valence-electron chi connectivity index (χ1n) is 5.74. The number of halogens is 1. The van der Waals surface area contributed by atoms with Crippen molar-refractivity contribution in [2.24, 2.45) is 10.7 Å². The third kappa shape index (κ3) is 2.93. The van der Waals surface area contributed by atoms with Crippen LogP contribution in [0.4, 0.5) is 5.69 Å². The van der Waals surface area contributed by atoms with Crippen molar-refractivity contribution in [1.29, 1.82) is 5.26 Å². The average Bonchev–Trinajstić information content (AvgIpc) is 2.43. The third-order valence-corrected chi connectivity index (χ3v) is 3.11. The van der Waals surface area contributed by atoms with Gasteiger partial charge in [-0.1, -0.05) is 48.0 Å². The first kappa shape index (κ1) is 13.1. The minimum absolute atomic E-state index is 0.385. The summed E-state index contributed by atoms with van der Waals surface area (Å²) in [5, 5.41) is 9.88. The number of hydrogen-bond acceptors (Lipinski definition) is 2. The van der Waals surface area contributed by atoms with Crippen molar-refractivity contribution in [2.75, 3.05) is 0 Å². The molecule has 2 aromatic rings. The molecule has 0 aromatic heterocycles. The second-order valence-corrected chi connectivity index (χ2v) is 4.36. The lowest BCUT2D eigenvalue weighted by Crippen LogP contribution is -1.98. The Bertz CT molecular complexity index is 630. The van der Waals surface area contributed by atoms with E-state index in [0.717, 1.165) is 11.1 Å². The fourth-order valence-corrected chi connectivity index (χ4v) is 2.17. The second kappa shape index (κ2) is 6.03. The second-order valence-electron chi connectivity index (χ2n) is 3.96. The molecule has 0 fully saturated rings. The Morgan fingerprint density at radius 1 is 1.21 bits per heavy atom. The zero-order chi connectivity index (χ0) is 13.7. The van der Waals surface area contributed by atoms with Gasteiger partial charge in [0.25, 0.3) is 0 Å². The quantitative estimate of drug-likeness (QED) is 0.683. The molecule has 3 nitrogen and oxygen atoms in total. The average molecular weight is 270 g/mol. The summed E-state index contributed by atoms with van der Waals surface area (Å²) >= 11 is 6.22. The summed E-state index contributed by atoms with van der Waals surface area (Å²) < 4.78 is 0. The number of rotatable bonds is 3. The van der Waals surface area contributed by atoms with Gasteiger partial charge in [-0.2, -0.15) is 5.26 Å². The highest BCUT2D eigenvalue weighted by atomic mass is 35.5. The molecule has 0 aliphatic heterocycles. The van der Waals surface area contributed by atoms with E-state index in [-0.39, 0.29) is 5.92 Å². The Labute approximate surface area is 117 Å². The van der Waals surface area contributed by atoms with Crippen LogP contribution in [0.15, 0.2) is 53.5 Å². The Morgan fingerprint density at radius 3 is 2.53 bits per heavy atom. The molecule has 0 saturated heterocycles. The van der Waals surface area contributed by atoms with E-state index in [1.165, 1.54) is 6.34 Å². The van der Waals surface area contributed by atoms with Crippen LogP contribution in [-0.4, -0.2) is 6.34 Å². The van der Waals surface area contributed by atoms with Crippen molar-refractivity contribution < 1.29 is 0 Å². The zero-order valence-electron chi connectivity index (χ0n) is 10.1. The maximum atomic E-state index is 9.37. The van der Waals surface area contributed by atoms with Crippen LogP contribution in [0.3, 0.4) is 0 Å². The van der Waals surface area contributed by atoms with E-state index in [4.69, 9.17) is 17.3 Å². The number of hydrogen-bond donors (Lipinski definition) is 1. The number of aliphatic imine (C=N–C) groups is 1. The number of benzene rings is 2. The Balaban J connectivity index is 2.43. The smallest absolute Gasteiger partial charge is 0.0977 e. The minimum atomic E-state index is -0.385. The van der Waals surface area contributed by atoms with Crippen molar-refractivity contribution in [1.82, 2.24) is 0 Å². The van der Waals surface area contributed by atoms with Crippen LogP contribution < -0.4 is 5.73 Å². The molecule has 0 bridgehead atoms. The third-order valence-electron chi connectivity index (χ3n) is 2.78. The van der Waals surface area contributed by atoms with Crippen molar-refractivity contribution in [3.05, 3.63) is 64.7 Å². The molecule has 0 saturated carbocycles. The van der Waals surface area contributed by atoms with Crippen LogP contribution in [0.25, 0.3) is 0 Å². The summed E-state index contributed by atoms with van der Waals surface area (Å²) in [5.74, 6) is -0.385. The maximum absolute atomic E-state index is 9.37. The van der Waals surface area contributed by atoms with Crippen LogP contribution in [0.2, 0.25) is 5.02 Å². The summed E-state index contributed by atoms with van der Waals surface area (Å²) in [7, 11) is 0. The molecule has 0 aliphatic carbocycles. The summed E-state index contributed by atoms with van der Waals surface area (Å²) in [5.41, 5.74) is 7.59. The molecule has 2 rings (SSSR count). The highest BCUT2D eigenvalue weighted by Gasteiger charge is 2.16. The van der Waals surface area contributed by atoms with Gasteiger partial charge >= 0.3 is 0 Å². The maximum Gasteiger partial charge on any atom is 0.0977 e. The standard InChI is InChI=1S/C15H12ClN3/c16-15-8-12(19-10-18)6-7-13(15)14(9-17)11-4-2-1-3-5-11/h1-8,10,14H,(H2,18,19). The van der Waals surface area contributed by atoms with Gasteiger partial charge in [-0.3, -0.25) is 0 Å². The fraction of sp³-hybridized carbons (Fsp3) is 0.0667. The summed E-state index contributed by atoms with van der Waals surface area (Å²) in [6.07, 6.45) is 1.21.